The number of amides is 1. The van der Waals surface area contributed by atoms with Gasteiger partial charge in [-0.2, -0.15) is 4.98 Å². The fraction of sp³-hybridized carbons (Fsp3) is 0.100. The summed E-state index contributed by atoms with van der Waals surface area (Å²) in [6, 6.07) is 11.1. The van der Waals surface area contributed by atoms with Crippen LogP contribution in [0.2, 0.25) is 0 Å². The highest BCUT2D eigenvalue weighted by atomic mass is 79.9. The number of ether oxygens (including phenoxy) is 2. The zero-order valence-electron chi connectivity index (χ0n) is 16.8. The lowest BCUT2D eigenvalue weighted by Gasteiger charge is -2.12. The number of nitrogens with one attached hydrogen (secondary N) is 2. The van der Waals surface area contributed by atoms with Crippen LogP contribution in [-0.2, 0) is 14.8 Å². The van der Waals surface area contributed by atoms with Gasteiger partial charge in [0.2, 0.25) is 5.75 Å². The summed E-state index contributed by atoms with van der Waals surface area (Å²) in [4.78, 5) is 24.4. The van der Waals surface area contributed by atoms with E-state index in [0.717, 1.165) is 10.8 Å². The molecule has 32 heavy (non-hydrogen) atoms. The molecule has 0 saturated heterocycles. The third-order valence-corrected chi connectivity index (χ3v) is 6.34. The molecule has 0 aliphatic carbocycles. The first-order chi connectivity index (χ1) is 15.3. The largest absolute Gasteiger partial charge is 0.489 e. The van der Waals surface area contributed by atoms with E-state index in [4.69, 9.17) is 9.47 Å². The molecule has 12 heteroatoms. The third kappa shape index (κ3) is 4.14. The number of nitrogens with zero attached hydrogens (tertiary/aromatic N) is 3. The van der Waals surface area contributed by atoms with Gasteiger partial charge >= 0.3 is 0 Å². The van der Waals surface area contributed by atoms with Crippen molar-refractivity contribution in [1.82, 2.24) is 9.97 Å². The maximum atomic E-state index is 12.8. The molecule has 2 aromatic carbocycles. The molecule has 1 aliphatic rings. The Labute approximate surface area is 191 Å². The molecule has 2 heterocycles. The molecular weight excluding hydrogens is 502 g/mol. The Morgan fingerprint density at radius 2 is 1.81 bits per heavy atom. The molecule has 4 rings (SSSR count). The fourth-order valence-electron chi connectivity index (χ4n) is 3.01. The normalized spacial score (nSPS) is 14.1. The monoisotopic (exact) mass is 517 g/mol. The molecular formula is C20H16BrN5O5S. The van der Waals surface area contributed by atoms with Gasteiger partial charge in [-0.15, -0.1) is 0 Å². The van der Waals surface area contributed by atoms with Crippen LogP contribution in [0.15, 0.2) is 63.2 Å². The van der Waals surface area contributed by atoms with Crippen LogP contribution in [0.3, 0.4) is 0 Å². The van der Waals surface area contributed by atoms with E-state index in [0.29, 0.717) is 16.9 Å². The highest BCUT2D eigenvalue weighted by Crippen LogP contribution is 2.32. The zero-order valence-corrected chi connectivity index (χ0v) is 19.2. The lowest BCUT2D eigenvalue weighted by atomic mass is 10.1. The second-order valence-corrected chi connectivity index (χ2v) is 9.07. The molecule has 1 amide bonds. The van der Waals surface area contributed by atoms with Crippen LogP contribution in [0.25, 0.3) is 0 Å². The lowest BCUT2D eigenvalue weighted by Crippen LogP contribution is -2.15. The van der Waals surface area contributed by atoms with E-state index in [9.17, 15) is 13.2 Å². The maximum Gasteiger partial charge on any atom is 0.275 e. The predicted molar refractivity (Wildman–Crippen MR) is 121 cm³/mol. The van der Waals surface area contributed by atoms with E-state index in [-0.39, 0.29) is 34.0 Å². The van der Waals surface area contributed by atoms with E-state index >= 15 is 0 Å². The number of aliphatic imine (C=N–C) groups is 1. The summed E-state index contributed by atoms with van der Waals surface area (Å²) >= 11 is 3.38. The maximum absolute atomic E-state index is 12.8. The minimum atomic E-state index is -3.99. The Hall–Kier alpha value is -3.51. The molecule has 1 aliphatic heterocycles. The van der Waals surface area contributed by atoms with Crippen molar-refractivity contribution in [2.75, 3.05) is 24.3 Å². The van der Waals surface area contributed by atoms with Crippen LogP contribution in [0.5, 0.6) is 11.6 Å². The van der Waals surface area contributed by atoms with Gasteiger partial charge in [-0.25, -0.2) is 18.4 Å². The number of aromatic nitrogens is 2. The fourth-order valence-corrected chi connectivity index (χ4v) is 4.38. The standard InChI is InChI=1S/C20H16BrN5O5S/c1-30-17-18(22-10-23-20(17)31-2)26-32(28,29)13-6-4-12(5-7-13)24-16-14-9-11(21)3-8-15(14)25-19(16)27/h3-10H,1-2H3,(H,22,23,26)(H,24,25,27). The van der Waals surface area contributed by atoms with Crippen molar-refractivity contribution >= 4 is 54.8 Å². The molecule has 0 spiro atoms. The Kier molecular flexibility index (Phi) is 5.80. The Balaban J connectivity index is 1.62. The molecule has 0 atom stereocenters. The molecule has 0 radical (unpaired) electrons. The number of anilines is 2. The molecule has 2 N–H and O–H groups in total. The number of sulfonamides is 1. The number of fused-ring (bicyclic) bond motifs is 1. The third-order valence-electron chi connectivity index (χ3n) is 4.49. The number of halogens is 1. The zero-order chi connectivity index (χ0) is 22.9. The summed E-state index contributed by atoms with van der Waals surface area (Å²) in [5, 5.41) is 2.75. The first-order valence-corrected chi connectivity index (χ1v) is 11.4. The molecule has 10 nitrogen and oxygen atoms in total. The smallest absolute Gasteiger partial charge is 0.275 e. The van der Waals surface area contributed by atoms with Gasteiger partial charge in [-0.3, -0.25) is 9.52 Å². The highest BCUT2D eigenvalue weighted by molar-refractivity contribution is 9.10. The second kappa shape index (κ2) is 8.55. The quantitative estimate of drug-likeness (QED) is 0.513. The van der Waals surface area contributed by atoms with E-state index in [1.165, 1.54) is 38.5 Å². The number of hydrogen-bond acceptors (Lipinski definition) is 8. The Morgan fingerprint density at radius 1 is 1.06 bits per heavy atom. The molecule has 3 aromatic rings. The van der Waals surface area contributed by atoms with Crippen molar-refractivity contribution in [2.45, 2.75) is 4.90 Å². The van der Waals surface area contributed by atoms with Crippen LogP contribution >= 0.6 is 15.9 Å². The van der Waals surface area contributed by atoms with Gasteiger partial charge in [0.15, 0.2) is 5.82 Å². The van der Waals surface area contributed by atoms with Crippen LogP contribution in [-0.4, -0.2) is 44.2 Å². The van der Waals surface area contributed by atoms with Gasteiger partial charge in [-0.05, 0) is 42.5 Å². The van der Waals surface area contributed by atoms with E-state index in [2.05, 4.69) is 40.9 Å². The van der Waals surface area contributed by atoms with Gasteiger partial charge in [-0.1, -0.05) is 15.9 Å². The van der Waals surface area contributed by atoms with Crippen LogP contribution in [0, 0.1) is 0 Å². The summed E-state index contributed by atoms with van der Waals surface area (Å²) < 4.78 is 39.0. The predicted octanol–water partition coefficient (Wildman–Crippen LogP) is 3.13. The Morgan fingerprint density at radius 3 is 2.50 bits per heavy atom. The van der Waals surface area contributed by atoms with Crippen LogP contribution < -0.4 is 19.5 Å². The number of hydrogen-bond donors (Lipinski definition) is 2. The number of rotatable bonds is 6. The van der Waals surface area contributed by atoms with E-state index in [1.54, 1.807) is 12.1 Å². The van der Waals surface area contributed by atoms with Crippen LogP contribution in [0.1, 0.15) is 5.56 Å². The van der Waals surface area contributed by atoms with Crippen molar-refractivity contribution in [3.63, 3.8) is 0 Å². The SMILES string of the molecule is COc1ncnc(NS(=O)(=O)c2ccc(N=C3C(=O)Nc4ccc(Br)cc43)cc2)c1OC. The average Bonchev–Trinajstić information content (AvgIpc) is 3.08. The number of carbonyl (C=O) groups is 1. The van der Waals surface area contributed by atoms with E-state index in [1.807, 2.05) is 6.07 Å². The summed E-state index contributed by atoms with van der Waals surface area (Å²) in [6.07, 6.45) is 1.15. The first kappa shape index (κ1) is 21.7. The van der Waals surface area contributed by atoms with Crippen molar-refractivity contribution in [3.05, 3.63) is 58.8 Å². The van der Waals surface area contributed by atoms with Gasteiger partial charge in [0, 0.05) is 10.0 Å². The lowest BCUT2D eigenvalue weighted by molar-refractivity contribution is -0.110. The summed E-state index contributed by atoms with van der Waals surface area (Å²) in [7, 11) is -1.26. The molecule has 164 valence electrons. The van der Waals surface area contributed by atoms with Gasteiger partial charge in [0.05, 0.1) is 30.5 Å². The van der Waals surface area contributed by atoms with Gasteiger partial charge in [0.25, 0.3) is 21.8 Å². The van der Waals surface area contributed by atoms with Gasteiger partial charge in [0.1, 0.15) is 12.0 Å². The first-order valence-electron chi connectivity index (χ1n) is 9.08. The van der Waals surface area contributed by atoms with Crippen molar-refractivity contribution in [2.24, 2.45) is 4.99 Å². The summed E-state index contributed by atoms with van der Waals surface area (Å²) in [5.74, 6) is -0.249. The Bertz CT molecular complexity index is 1340. The minimum absolute atomic E-state index is 0.0277. The van der Waals surface area contributed by atoms with Gasteiger partial charge < -0.3 is 14.8 Å². The molecule has 0 unspecified atom stereocenters. The minimum Gasteiger partial charge on any atom is -0.489 e. The number of methoxy groups -OCH3 is 2. The average molecular weight is 518 g/mol. The molecule has 0 saturated carbocycles. The van der Waals surface area contributed by atoms with Crippen LogP contribution in [0.4, 0.5) is 17.2 Å². The summed E-state index contributed by atoms with van der Waals surface area (Å²) in [5.41, 5.74) is 1.98. The molecule has 0 fully saturated rings. The topological polar surface area (TPSA) is 132 Å². The van der Waals surface area contributed by atoms with Crippen molar-refractivity contribution in [1.29, 1.82) is 0 Å². The highest BCUT2D eigenvalue weighted by Gasteiger charge is 2.26. The molecule has 0 bridgehead atoms. The second-order valence-electron chi connectivity index (χ2n) is 6.47. The number of carbonyl (C=O) groups excluding carboxylic acids is 1. The number of benzene rings is 2. The summed E-state index contributed by atoms with van der Waals surface area (Å²) in [6.45, 7) is 0. The van der Waals surface area contributed by atoms with Crippen molar-refractivity contribution < 1.29 is 22.7 Å². The van der Waals surface area contributed by atoms with E-state index < -0.39 is 10.0 Å². The molecule has 1 aromatic heterocycles. The van der Waals surface area contributed by atoms with Crippen molar-refractivity contribution in [3.8, 4) is 11.6 Å².